The van der Waals surface area contributed by atoms with Crippen LogP contribution in [0.25, 0.3) is 0 Å². The summed E-state index contributed by atoms with van der Waals surface area (Å²) in [5.41, 5.74) is -4.91. The molecule has 3 atom stereocenters. The molecular weight excluding hydrogens is 402 g/mol. The van der Waals surface area contributed by atoms with Crippen LogP contribution in [-0.2, 0) is 15.7 Å². The lowest BCUT2D eigenvalue weighted by Gasteiger charge is -2.45. The molecule has 0 aromatic heterocycles. The lowest BCUT2D eigenvalue weighted by Crippen LogP contribution is -2.73. The van der Waals surface area contributed by atoms with Crippen molar-refractivity contribution in [1.82, 2.24) is 10.6 Å². The van der Waals surface area contributed by atoms with E-state index in [1.807, 2.05) is 0 Å². The van der Waals surface area contributed by atoms with E-state index in [0.717, 1.165) is 12.1 Å². The molecule has 1 aliphatic rings. The molecule has 1 aromatic carbocycles. The molecule has 0 spiro atoms. The van der Waals surface area contributed by atoms with Gasteiger partial charge in [-0.25, -0.2) is 0 Å². The van der Waals surface area contributed by atoms with Gasteiger partial charge in [0.1, 0.15) is 5.92 Å². The average molecular weight is 416 g/mol. The summed E-state index contributed by atoms with van der Waals surface area (Å²) in [6.07, 6.45) is -9.98. The molecule has 0 bridgehead atoms. The summed E-state index contributed by atoms with van der Waals surface area (Å²) < 4.78 is 83.2. The number of rotatable bonds is 3. The first kappa shape index (κ1) is 21.2. The van der Waals surface area contributed by atoms with Gasteiger partial charge in [0.15, 0.2) is 5.11 Å². The number of hydrogen-bond acceptors (Lipinski definition) is 4. The molecule has 0 radical (unpaired) electrons. The Labute approximate surface area is 154 Å². The zero-order valence-electron chi connectivity index (χ0n) is 13.6. The number of aliphatic hydroxyl groups is 1. The molecule has 0 aliphatic carbocycles. The second kappa shape index (κ2) is 7.15. The van der Waals surface area contributed by atoms with Crippen molar-refractivity contribution in [2.45, 2.75) is 31.0 Å². The van der Waals surface area contributed by atoms with Gasteiger partial charge in [-0.05, 0) is 36.8 Å². The lowest BCUT2D eigenvalue weighted by atomic mass is 9.82. The number of halogens is 6. The van der Waals surface area contributed by atoms with Crippen LogP contribution < -0.4 is 10.6 Å². The summed E-state index contributed by atoms with van der Waals surface area (Å²) in [5, 5.41) is 13.6. The lowest BCUT2D eigenvalue weighted by molar-refractivity contribution is -0.292. The largest absolute Gasteiger partial charge is 0.466 e. The van der Waals surface area contributed by atoms with Gasteiger partial charge >= 0.3 is 18.3 Å². The molecule has 0 unspecified atom stereocenters. The second-order valence-electron chi connectivity index (χ2n) is 5.69. The van der Waals surface area contributed by atoms with Crippen LogP contribution in [-0.4, -0.2) is 34.7 Å². The van der Waals surface area contributed by atoms with Crippen molar-refractivity contribution in [2.75, 3.05) is 6.61 Å². The summed E-state index contributed by atoms with van der Waals surface area (Å²) in [6.45, 7) is 1.08. The molecule has 2 rings (SSSR count). The molecule has 5 nitrogen and oxygen atoms in total. The Bertz CT molecular complexity index is 722. The molecule has 1 saturated heterocycles. The topological polar surface area (TPSA) is 70.6 Å². The highest BCUT2D eigenvalue weighted by molar-refractivity contribution is 7.80. The van der Waals surface area contributed by atoms with Crippen LogP contribution in [0, 0.1) is 5.92 Å². The molecule has 150 valence electrons. The summed E-state index contributed by atoms with van der Waals surface area (Å²) in [4.78, 5) is 12.2. The molecule has 1 aromatic rings. The van der Waals surface area contributed by atoms with E-state index in [-0.39, 0.29) is 12.2 Å². The van der Waals surface area contributed by atoms with E-state index in [1.54, 1.807) is 5.32 Å². The van der Waals surface area contributed by atoms with Crippen molar-refractivity contribution in [1.29, 1.82) is 0 Å². The van der Waals surface area contributed by atoms with Crippen molar-refractivity contribution in [2.24, 2.45) is 5.92 Å². The highest BCUT2D eigenvalue weighted by Gasteiger charge is 2.66. The molecule has 1 fully saturated rings. The van der Waals surface area contributed by atoms with Gasteiger partial charge in [0.2, 0.25) is 0 Å². The SMILES string of the molecule is CCOC(=O)[C@@H]1[C@@H](c2ccc(C(F)(F)F)cc2)NC(=S)N[C@@]1(O)C(F)(F)F. The van der Waals surface area contributed by atoms with Gasteiger partial charge in [0, 0.05) is 0 Å². The van der Waals surface area contributed by atoms with Gasteiger partial charge in [0.05, 0.1) is 18.2 Å². The van der Waals surface area contributed by atoms with Crippen molar-refractivity contribution in [3.63, 3.8) is 0 Å². The minimum Gasteiger partial charge on any atom is -0.466 e. The van der Waals surface area contributed by atoms with Crippen LogP contribution in [0.15, 0.2) is 24.3 Å². The summed E-state index contributed by atoms with van der Waals surface area (Å²) in [6, 6.07) is 1.52. The maximum atomic E-state index is 13.5. The summed E-state index contributed by atoms with van der Waals surface area (Å²) in [7, 11) is 0. The van der Waals surface area contributed by atoms with Gasteiger partial charge in [-0.3, -0.25) is 4.79 Å². The summed E-state index contributed by atoms with van der Waals surface area (Å²) >= 11 is 4.68. The Morgan fingerprint density at radius 3 is 2.22 bits per heavy atom. The van der Waals surface area contributed by atoms with Gasteiger partial charge in [0.25, 0.3) is 5.72 Å². The number of esters is 1. The standard InChI is InChI=1S/C15H14F6N2O3S/c1-2-26-11(24)9-10(7-3-5-8(6-4-7)14(16,17)18)22-12(27)23-13(9,25)15(19,20)21/h3-6,9-10,25H,2H2,1H3,(H2,22,23,27)/t9-,10+,13-/m0/s1. The Balaban J connectivity index is 2.53. The van der Waals surface area contributed by atoms with E-state index < -0.39 is 46.7 Å². The monoisotopic (exact) mass is 416 g/mol. The van der Waals surface area contributed by atoms with E-state index in [1.165, 1.54) is 6.92 Å². The van der Waals surface area contributed by atoms with Gasteiger partial charge in [-0.1, -0.05) is 12.1 Å². The van der Waals surface area contributed by atoms with E-state index in [4.69, 9.17) is 0 Å². The van der Waals surface area contributed by atoms with Crippen molar-refractivity contribution in [3.8, 4) is 0 Å². The quantitative estimate of drug-likeness (QED) is 0.400. The van der Waals surface area contributed by atoms with E-state index in [2.05, 4.69) is 22.3 Å². The average Bonchev–Trinajstić information content (AvgIpc) is 2.52. The van der Waals surface area contributed by atoms with Crippen molar-refractivity contribution in [3.05, 3.63) is 35.4 Å². The smallest absolute Gasteiger partial charge is 0.437 e. The van der Waals surface area contributed by atoms with E-state index >= 15 is 0 Å². The number of carbonyl (C=O) groups is 1. The fourth-order valence-corrected chi connectivity index (χ4v) is 2.98. The fraction of sp³-hybridized carbons (Fsp3) is 0.467. The maximum Gasteiger partial charge on any atom is 0.437 e. The zero-order chi connectivity index (χ0) is 20.6. The van der Waals surface area contributed by atoms with Crippen LogP contribution in [0.2, 0.25) is 0 Å². The Morgan fingerprint density at radius 1 is 1.22 bits per heavy atom. The van der Waals surface area contributed by atoms with E-state index in [0.29, 0.717) is 12.1 Å². The van der Waals surface area contributed by atoms with Gasteiger partial charge < -0.3 is 20.5 Å². The molecule has 0 amide bonds. The molecule has 1 heterocycles. The molecule has 27 heavy (non-hydrogen) atoms. The van der Waals surface area contributed by atoms with Crippen molar-refractivity contribution >= 4 is 23.3 Å². The fourth-order valence-electron chi connectivity index (χ4n) is 2.69. The number of ether oxygens (including phenoxy) is 1. The highest BCUT2D eigenvalue weighted by Crippen LogP contribution is 2.43. The molecule has 3 N–H and O–H groups in total. The van der Waals surface area contributed by atoms with Gasteiger partial charge in [-0.15, -0.1) is 0 Å². The second-order valence-corrected chi connectivity index (χ2v) is 6.10. The maximum absolute atomic E-state index is 13.5. The van der Waals surface area contributed by atoms with Crippen LogP contribution in [0.3, 0.4) is 0 Å². The Morgan fingerprint density at radius 2 is 1.78 bits per heavy atom. The summed E-state index contributed by atoms with van der Waals surface area (Å²) in [5.74, 6) is -3.66. The third-order valence-electron chi connectivity index (χ3n) is 3.94. The molecule has 12 heteroatoms. The van der Waals surface area contributed by atoms with Crippen LogP contribution in [0.4, 0.5) is 26.3 Å². The zero-order valence-corrected chi connectivity index (χ0v) is 14.4. The normalized spacial score (nSPS) is 26.1. The third-order valence-corrected chi connectivity index (χ3v) is 4.16. The minimum absolute atomic E-state index is 0.118. The number of carbonyl (C=O) groups excluding carboxylic acids is 1. The first-order valence-electron chi connectivity index (χ1n) is 7.53. The Kier molecular flexibility index (Phi) is 5.62. The first-order valence-corrected chi connectivity index (χ1v) is 7.93. The number of alkyl halides is 6. The predicted octanol–water partition coefficient (Wildman–Crippen LogP) is 2.65. The highest BCUT2D eigenvalue weighted by atomic mass is 32.1. The Hall–Kier alpha value is -2.08. The van der Waals surface area contributed by atoms with Crippen LogP contribution in [0.1, 0.15) is 24.1 Å². The van der Waals surface area contributed by atoms with Gasteiger partial charge in [-0.2, -0.15) is 26.3 Å². The molecular formula is C15H14F6N2O3S. The first-order chi connectivity index (χ1) is 12.3. The van der Waals surface area contributed by atoms with Crippen LogP contribution >= 0.6 is 12.2 Å². The molecule has 0 saturated carbocycles. The third kappa shape index (κ3) is 4.10. The molecule has 1 aliphatic heterocycles. The van der Waals surface area contributed by atoms with Crippen LogP contribution in [0.5, 0.6) is 0 Å². The number of hydrogen-bond donors (Lipinski definition) is 3. The number of benzene rings is 1. The minimum atomic E-state index is -5.33. The van der Waals surface area contributed by atoms with E-state index in [9.17, 15) is 36.2 Å². The van der Waals surface area contributed by atoms with Crippen molar-refractivity contribution < 1.29 is 41.0 Å². The predicted molar refractivity (Wildman–Crippen MR) is 84.2 cm³/mol. The number of nitrogens with one attached hydrogen (secondary N) is 2. The number of thiocarbonyl (C=S) groups is 1.